The number of nitrogens with zero attached hydrogens (tertiary/aromatic N) is 1. The highest BCUT2D eigenvalue weighted by molar-refractivity contribution is 7.80. The predicted molar refractivity (Wildman–Crippen MR) is 92.4 cm³/mol. The smallest absolute Gasteiger partial charge is 0.0781 e. The summed E-state index contributed by atoms with van der Waals surface area (Å²) in [6, 6.07) is 12.9. The van der Waals surface area contributed by atoms with Crippen molar-refractivity contribution in [2.45, 2.75) is 64.2 Å². The fourth-order valence-electron chi connectivity index (χ4n) is 3.81. The van der Waals surface area contributed by atoms with Crippen LogP contribution in [0, 0.1) is 5.92 Å². The third kappa shape index (κ3) is 3.46. The highest BCUT2D eigenvalue weighted by Gasteiger charge is 2.40. The van der Waals surface area contributed by atoms with E-state index in [-0.39, 0.29) is 0 Å². The molecule has 1 unspecified atom stereocenters. The lowest BCUT2D eigenvalue weighted by Crippen LogP contribution is -2.50. The van der Waals surface area contributed by atoms with Crippen molar-refractivity contribution in [3.63, 3.8) is 0 Å². The van der Waals surface area contributed by atoms with Crippen molar-refractivity contribution >= 4 is 17.2 Å². The van der Waals surface area contributed by atoms with E-state index in [0.29, 0.717) is 12.0 Å². The molecule has 2 fully saturated rings. The standard InChI is InChI=1S/C18H26N2S/c1-13(2)18(21)19-15-10-16-8-9-17(11-15)20(16)12-14-6-4-3-5-7-14/h3-7,13,15-17H,8-12H2,1-2H3,(H,19,21)/t15?,16-,17+. The first-order valence-corrected chi connectivity index (χ1v) is 8.64. The number of benzene rings is 1. The molecular weight excluding hydrogens is 276 g/mol. The van der Waals surface area contributed by atoms with Crippen LogP contribution in [0.4, 0.5) is 0 Å². The van der Waals surface area contributed by atoms with Crippen LogP contribution in [0.15, 0.2) is 30.3 Å². The van der Waals surface area contributed by atoms with Gasteiger partial charge in [0.25, 0.3) is 0 Å². The second kappa shape index (κ2) is 6.45. The van der Waals surface area contributed by atoms with Crippen LogP contribution in [-0.4, -0.2) is 28.0 Å². The first-order chi connectivity index (χ1) is 10.1. The maximum absolute atomic E-state index is 5.47. The van der Waals surface area contributed by atoms with Crippen LogP contribution in [0.5, 0.6) is 0 Å². The van der Waals surface area contributed by atoms with Crippen LogP contribution < -0.4 is 5.32 Å². The molecule has 2 aliphatic heterocycles. The van der Waals surface area contributed by atoms with Gasteiger partial charge >= 0.3 is 0 Å². The lowest BCUT2D eigenvalue weighted by atomic mass is 9.96. The van der Waals surface area contributed by atoms with Crippen LogP contribution in [-0.2, 0) is 6.54 Å². The Bertz CT molecular complexity index is 471. The largest absolute Gasteiger partial charge is 0.377 e. The van der Waals surface area contributed by atoms with Gasteiger partial charge in [-0.2, -0.15) is 0 Å². The van der Waals surface area contributed by atoms with Crippen molar-refractivity contribution in [3.05, 3.63) is 35.9 Å². The minimum Gasteiger partial charge on any atom is -0.377 e. The summed E-state index contributed by atoms with van der Waals surface area (Å²) in [6.45, 7) is 5.46. The second-order valence-corrected chi connectivity index (χ2v) is 7.31. The normalized spacial score (nSPS) is 28.8. The summed E-state index contributed by atoms with van der Waals surface area (Å²) in [7, 11) is 0. The molecule has 114 valence electrons. The molecule has 2 heterocycles. The summed E-state index contributed by atoms with van der Waals surface area (Å²) in [4.78, 5) is 3.77. The highest BCUT2D eigenvalue weighted by atomic mass is 32.1. The van der Waals surface area contributed by atoms with Gasteiger partial charge in [-0.25, -0.2) is 0 Å². The van der Waals surface area contributed by atoms with Crippen LogP contribution in [0.25, 0.3) is 0 Å². The molecule has 2 saturated heterocycles. The summed E-state index contributed by atoms with van der Waals surface area (Å²) in [6.07, 6.45) is 5.20. The van der Waals surface area contributed by atoms with Gasteiger partial charge in [-0.15, -0.1) is 0 Å². The first kappa shape index (κ1) is 15.0. The van der Waals surface area contributed by atoms with E-state index in [9.17, 15) is 0 Å². The Balaban J connectivity index is 1.61. The van der Waals surface area contributed by atoms with Gasteiger partial charge in [-0.3, -0.25) is 4.90 Å². The number of rotatable bonds is 4. The van der Waals surface area contributed by atoms with E-state index in [0.717, 1.165) is 23.6 Å². The van der Waals surface area contributed by atoms with Crippen molar-refractivity contribution in [1.82, 2.24) is 10.2 Å². The number of hydrogen-bond acceptors (Lipinski definition) is 2. The third-order valence-corrected chi connectivity index (χ3v) is 5.55. The molecule has 21 heavy (non-hydrogen) atoms. The molecule has 0 radical (unpaired) electrons. The molecule has 2 aliphatic rings. The van der Waals surface area contributed by atoms with Crippen LogP contribution in [0.2, 0.25) is 0 Å². The fraction of sp³-hybridized carbons (Fsp3) is 0.611. The minimum atomic E-state index is 0.458. The Morgan fingerprint density at radius 3 is 2.38 bits per heavy atom. The fourth-order valence-corrected chi connectivity index (χ4v) is 3.98. The Hall–Kier alpha value is -0.930. The van der Waals surface area contributed by atoms with Crippen molar-refractivity contribution in [2.75, 3.05) is 0 Å². The van der Waals surface area contributed by atoms with Crippen molar-refractivity contribution in [2.24, 2.45) is 5.92 Å². The van der Waals surface area contributed by atoms with Gasteiger partial charge in [-0.1, -0.05) is 56.4 Å². The maximum Gasteiger partial charge on any atom is 0.0781 e. The van der Waals surface area contributed by atoms with Gasteiger partial charge in [-0.05, 0) is 31.2 Å². The number of piperidine rings is 1. The SMILES string of the molecule is CC(C)C(=S)NC1C[C@H]2CC[C@@H](C1)N2Cc1ccccc1. The molecule has 0 aliphatic carbocycles. The highest BCUT2D eigenvalue weighted by Crippen LogP contribution is 2.36. The monoisotopic (exact) mass is 302 g/mol. The minimum absolute atomic E-state index is 0.458. The summed E-state index contributed by atoms with van der Waals surface area (Å²) in [5.74, 6) is 0.458. The molecule has 2 bridgehead atoms. The van der Waals surface area contributed by atoms with Gasteiger partial charge in [0.1, 0.15) is 0 Å². The molecule has 1 aromatic carbocycles. The van der Waals surface area contributed by atoms with Gasteiger partial charge in [0, 0.05) is 30.6 Å². The molecule has 3 heteroatoms. The zero-order valence-electron chi connectivity index (χ0n) is 13.1. The molecular formula is C18H26N2S. The van der Waals surface area contributed by atoms with Crippen LogP contribution in [0.3, 0.4) is 0 Å². The van der Waals surface area contributed by atoms with E-state index in [2.05, 4.69) is 54.4 Å². The summed E-state index contributed by atoms with van der Waals surface area (Å²) < 4.78 is 0. The van der Waals surface area contributed by atoms with Gasteiger partial charge in [0.2, 0.25) is 0 Å². The topological polar surface area (TPSA) is 15.3 Å². The van der Waals surface area contributed by atoms with Crippen LogP contribution >= 0.6 is 12.2 Å². The Morgan fingerprint density at radius 1 is 1.19 bits per heavy atom. The molecule has 0 amide bonds. The molecule has 0 saturated carbocycles. The first-order valence-electron chi connectivity index (χ1n) is 8.23. The quantitative estimate of drug-likeness (QED) is 0.853. The van der Waals surface area contributed by atoms with Crippen molar-refractivity contribution < 1.29 is 0 Å². The van der Waals surface area contributed by atoms with E-state index in [1.807, 2.05) is 0 Å². The number of hydrogen-bond donors (Lipinski definition) is 1. The number of fused-ring (bicyclic) bond motifs is 2. The zero-order chi connectivity index (χ0) is 14.8. The summed E-state index contributed by atoms with van der Waals surface area (Å²) in [5.41, 5.74) is 1.44. The average Bonchev–Trinajstić information content (AvgIpc) is 2.71. The zero-order valence-corrected chi connectivity index (χ0v) is 13.9. The lowest BCUT2D eigenvalue weighted by Gasteiger charge is -2.40. The summed E-state index contributed by atoms with van der Waals surface area (Å²) in [5, 5.41) is 3.61. The van der Waals surface area contributed by atoms with Gasteiger partial charge in [0.05, 0.1) is 4.99 Å². The second-order valence-electron chi connectivity index (χ2n) is 6.87. The third-order valence-electron chi connectivity index (χ3n) is 4.96. The molecule has 0 aromatic heterocycles. The van der Waals surface area contributed by atoms with Gasteiger partial charge < -0.3 is 5.32 Å². The maximum atomic E-state index is 5.47. The average molecular weight is 302 g/mol. The van der Waals surface area contributed by atoms with E-state index in [4.69, 9.17) is 12.2 Å². The van der Waals surface area contributed by atoms with Crippen LogP contribution in [0.1, 0.15) is 45.1 Å². The lowest BCUT2D eigenvalue weighted by molar-refractivity contribution is 0.114. The number of nitrogens with one attached hydrogen (secondary N) is 1. The van der Waals surface area contributed by atoms with Crippen molar-refractivity contribution in [3.8, 4) is 0 Å². The van der Waals surface area contributed by atoms with Crippen molar-refractivity contribution in [1.29, 1.82) is 0 Å². The Labute approximate surface area is 133 Å². The van der Waals surface area contributed by atoms with E-state index >= 15 is 0 Å². The molecule has 3 rings (SSSR count). The Kier molecular flexibility index (Phi) is 4.60. The molecule has 0 spiro atoms. The van der Waals surface area contributed by atoms with Gasteiger partial charge in [0.15, 0.2) is 0 Å². The number of thiocarbonyl (C=S) groups is 1. The van der Waals surface area contributed by atoms with E-state index < -0.39 is 0 Å². The Morgan fingerprint density at radius 2 is 1.81 bits per heavy atom. The van der Waals surface area contributed by atoms with E-state index in [1.165, 1.54) is 31.2 Å². The molecule has 3 atom stereocenters. The molecule has 1 N–H and O–H groups in total. The summed E-state index contributed by atoms with van der Waals surface area (Å²) >= 11 is 5.47. The predicted octanol–water partition coefficient (Wildman–Crippen LogP) is 3.76. The van der Waals surface area contributed by atoms with E-state index in [1.54, 1.807) is 0 Å². The molecule has 1 aromatic rings. The molecule has 2 nitrogen and oxygen atoms in total.